The Balaban J connectivity index is 0. The molecule has 0 amide bonds. The summed E-state index contributed by atoms with van der Waals surface area (Å²) < 4.78 is 37.7. The number of hydrogen-bond donors (Lipinski definition) is 0. The molecule has 4 nitrogen and oxygen atoms in total. The Morgan fingerprint density at radius 1 is 1.05 bits per heavy atom. The van der Waals surface area contributed by atoms with Gasteiger partial charge in [-0.3, -0.25) is 0 Å². The SMILES string of the molecule is CCCCCCCCC(C)OC(CC)CS(=O)(=O)[O-].[Na+]. The van der Waals surface area contributed by atoms with Gasteiger partial charge in [-0.25, -0.2) is 8.42 Å². The Morgan fingerprint density at radius 3 is 2.10 bits per heavy atom. The van der Waals surface area contributed by atoms with Crippen LogP contribution in [0.25, 0.3) is 0 Å². The molecule has 0 saturated heterocycles. The fourth-order valence-electron chi connectivity index (χ4n) is 2.09. The number of hydrogen-bond acceptors (Lipinski definition) is 4. The van der Waals surface area contributed by atoms with Gasteiger partial charge >= 0.3 is 29.6 Å². The van der Waals surface area contributed by atoms with Gasteiger partial charge in [0.2, 0.25) is 0 Å². The zero-order chi connectivity index (χ0) is 14.7. The predicted octanol–water partition coefficient (Wildman–Crippen LogP) is 0.470. The van der Waals surface area contributed by atoms with Gasteiger partial charge in [-0.1, -0.05) is 52.4 Å². The van der Waals surface area contributed by atoms with Crippen molar-refractivity contribution in [1.29, 1.82) is 0 Å². The van der Waals surface area contributed by atoms with Gasteiger partial charge in [-0.15, -0.1) is 0 Å². The van der Waals surface area contributed by atoms with Gasteiger partial charge in [0.1, 0.15) is 0 Å². The van der Waals surface area contributed by atoms with Crippen molar-refractivity contribution in [1.82, 2.24) is 0 Å². The Labute approximate surface area is 147 Å². The van der Waals surface area contributed by atoms with E-state index >= 15 is 0 Å². The maximum Gasteiger partial charge on any atom is 1.00 e. The van der Waals surface area contributed by atoms with Crippen LogP contribution < -0.4 is 29.6 Å². The first-order valence-electron chi connectivity index (χ1n) is 7.48. The van der Waals surface area contributed by atoms with Crippen LogP contribution >= 0.6 is 0 Å². The van der Waals surface area contributed by atoms with Crippen molar-refractivity contribution in [3.05, 3.63) is 0 Å². The zero-order valence-corrected chi connectivity index (χ0v) is 16.4. The van der Waals surface area contributed by atoms with Gasteiger partial charge in [0.05, 0.1) is 28.1 Å². The van der Waals surface area contributed by atoms with Crippen molar-refractivity contribution in [3.8, 4) is 0 Å². The van der Waals surface area contributed by atoms with Crippen LogP contribution in [-0.2, 0) is 14.9 Å². The fraction of sp³-hybridized carbons (Fsp3) is 1.00. The first kappa shape index (κ1) is 23.1. The standard InChI is InChI=1S/C14H30O4S.Na/c1-4-6-7-8-9-10-11-13(3)18-14(5-2)12-19(15,16)17;/h13-14H,4-12H2,1-3H3,(H,15,16,17);/q;+1/p-1. The second-order valence-electron chi connectivity index (χ2n) is 5.26. The molecule has 0 heterocycles. The van der Waals surface area contributed by atoms with Crippen LogP contribution in [0.1, 0.15) is 72.1 Å². The summed E-state index contributed by atoms with van der Waals surface area (Å²) in [5.41, 5.74) is 0. The van der Waals surface area contributed by atoms with Crippen LogP contribution in [-0.4, -0.2) is 30.9 Å². The fourth-order valence-corrected chi connectivity index (χ4v) is 2.86. The van der Waals surface area contributed by atoms with E-state index in [1.54, 1.807) is 0 Å². The molecule has 0 aromatic heterocycles. The molecule has 0 saturated carbocycles. The molecule has 0 aromatic carbocycles. The third kappa shape index (κ3) is 15.3. The van der Waals surface area contributed by atoms with Crippen molar-refractivity contribution >= 4 is 10.1 Å². The largest absolute Gasteiger partial charge is 1.00 e. The molecule has 0 aliphatic heterocycles. The normalized spacial score (nSPS) is 14.6. The van der Waals surface area contributed by atoms with E-state index in [0.717, 1.165) is 12.8 Å². The van der Waals surface area contributed by atoms with Crippen molar-refractivity contribution in [2.45, 2.75) is 84.3 Å². The van der Waals surface area contributed by atoms with Crippen LogP contribution in [0, 0.1) is 0 Å². The third-order valence-corrected chi connectivity index (χ3v) is 4.01. The average Bonchev–Trinajstić information content (AvgIpc) is 2.31. The molecule has 20 heavy (non-hydrogen) atoms. The molecular weight excluding hydrogens is 287 g/mol. The van der Waals surface area contributed by atoms with Gasteiger partial charge in [0, 0.05) is 0 Å². The van der Waals surface area contributed by atoms with Gasteiger partial charge in [0.15, 0.2) is 0 Å². The van der Waals surface area contributed by atoms with Crippen molar-refractivity contribution in [3.63, 3.8) is 0 Å². The molecule has 0 rings (SSSR count). The van der Waals surface area contributed by atoms with E-state index in [4.69, 9.17) is 4.74 Å². The van der Waals surface area contributed by atoms with E-state index in [1.165, 1.54) is 32.1 Å². The Hall–Kier alpha value is 0.870. The summed E-state index contributed by atoms with van der Waals surface area (Å²) in [5, 5.41) is 0. The maximum atomic E-state index is 10.7. The zero-order valence-electron chi connectivity index (χ0n) is 13.6. The first-order chi connectivity index (χ1) is 8.89. The van der Waals surface area contributed by atoms with E-state index in [1.807, 2.05) is 13.8 Å². The van der Waals surface area contributed by atoms with Crippen LogP contribution in [0.2, 0.25) is 0 Å². The molecule has 0 aliphatic rings. The minimum absolute atomic E-state index is 0. The van der Waals surface area contributed by atoms with E-state index in [0.29, 0.717) is 6.42 Å². The van der Waals surface area contributed by atoms with Crippen LogP contribution in [0.15, 0.2) is 0 Å². The molecule has 0 N–H and O–H groups in total. The third-order valence-electron chi connectivity index (χ3n) is 3.23. The first-order valence-corrected chi connectivity index (χ1v) is 9.05. The number of rotatable bonds is 12. The van der Waals surface area contributed by atoms with Crippen LogP contribution in [0.5, 0.6) is 0 Å². The molecule has 0 bridgehead atoms. The summed E-state index contributed by atoms with van der Waals surface area (Å²) in [6.45, 7) is 5.99. The Morgan fingerprint density at radius 2 is 1.60 bits per heavy atom. The topological polar surface area (TPSA) is 66.4 Å². The van der Waals surface area contributed by atoms with Gasteiger partial charge in [0.25, 0.3) is 0 Å². The monoisotopic (exact) mass is 316 g/mol. The summed E-state index contributed by atoms with van der Waals surface area (Å²) in [6.07, 6.45) is 8.45. The van der Waals surface area contributed by atoms with Gasteiger partial charge in [-0.2, -0.15) is 0 Å². The minimum atomic E-state index is -4.19. The Bertz CT molecular complexity index is 306. The Kier molecular flexibility index (Phi) is 15.7. The molecule has 0 aromatic rings. The quantitative estimate of drug-likeness (QED) is 0.298. The van der Waals surface area contributed by atoms with Crippen LogP contribution in [0.4, 0.5) is 0 Å². The number of ether oxygens (including phenoxy) is 1. The van der Waals surface area contributed by atoms with Gasteiger partial charge < -0.3 is 9.29 Å². The molecule has 0 aliphatic carbocycles. The van der Waals surface area contributed by atoms with Gasteiger partial charge in [-0.05, 0) is 19.8 Å². The van der Waals surface area contributed by atoms with E-state index in [-0.39, 0.29) is 35.7 Å². The summed E-state index contributed by atoms with van der Waals surface area (Å²) in [6, 6.07) is 0. The molecule has 0 spiro atoms. The summed E-state index contributed by atoms with van der Waals surface area (Å²) in [7, 11) is -4.19. The number of unbranched alkanes of at least 4 members (excludes halogenated alkanes) is 5. The van der Waals surface area contributed by atoms with Crippen molar-refractivity contribution in [2.24, 2.45) is 0 Å². The van der Waals surface area contributed by atoms with E-state index in [2.05, 4.69) is 6.92 Å². The summed E-state index contributed by atoms with van der Waals surface area (Å²) in [5.74, 6) is -0.412. The smallest absolute Gasteiger partial charge is 0.748 e. The second kappa shape index (κ2) is 13.5. The maximum absolute atomic E-state index is 10.7. The summed E-state index contributed by atoms with van der Waals surface area (Å²) in [4.78, 5) is 0. The molecule has 2 unspecified atom stereocenters. The van der Waals surface area contributed by atoms with Crippen molar-refractivity contribution in [2.75, 3.05) is 5.75 Å². The van der Waals surface area contributed by atoms with E-state index in [9.17, 15) is 13.0 Å². The van der Waals surface area contributed by atoms with Crippen LogP contribution in [0.3, 0.4) is 0 Å². The molecule has 6 heteroatoms. The van der Waals surface area contributed by atoms with E-state index < -0.39 is 22.0 Å². The molecule has 0 radical (unpaired) electrons. The minimum Gasteiger partial charge on any atom is -0.748 e. The second-order valence-corrected chi connectivity index (χ2v) is 6.71. The molecule has 0 fully saturated rings. The molecule has 2 atom stereocenters. The molecular formula is C14H29NaO4S. The summed E-state index contributed by atoms with van der Waals surface area (Å²) >= 11 is 0. The van der Waals surface area contributed by atoms with Crippen molar-refractivity contribution < 1.29 is 47.3 Å². The average molecular weight is 316 g/mol. The molecule has 116 valence electrons. The predicted molar refractivity (Wildman–Crippen MR) is 77.2 cm³/mol.